The zero-order valence-electron chi connectivity index (χ0n) is 16.8. The second kappa shape index (κ2) is 9.11. The van der Waals surface area contributed by atoms with Gasteiger partial charge in [0.1, 0.15) is 11.4 Å². The van der Waals surface area contributed by atoms with Gasteiger partial charge in [0.25, 0.3) is 17.5 Å². The topological polar surface area (TPSA) is 148 Å². The van der Waals surface area contributed by atoms with Crippen molar-refractivity contribution in [3.63, 3.8) is 0 Å². The van der Waals surface area contributed by atoms with Crippen molar-refractivity contribution >= 4 is 29.1 Å². The number of anilines is 1. The van der Waals surface area contributed by atoms with Gasteiger partial charge in [0.2, 0.25) is 0 Å². The molecular weight excluding hydrogens is 392 g/mol. The molecule has 0 aromatic carbocycles. The fraction of sp³-hybridized carbons (Fsp3) is 0.389. The van der Waals surface area contributed by atoms with Gasteiger partial charge in [0, 0.05) is 52.5 Å². The number of guanidine groups is 1. The molecule has 2 aromatic rings. The van der Waals surface area contributed by atoms with Crippen LogP contribution in [-0.2, 0) is 14.1 Å². The molecule has 2 aromatic heterocycles. The highest BCUT2D eigenvalue weighted by atomic mass is 16.6. The van der Waals surface area contributed by atoms with E-state index in [4.69, 9.17) is 0 Å². The maximum Gasteiger partial charge on any atom is 0.287 e. The Morgan fingerprint density at radius 3 is 2.57 bits per heavy atom. The summed E-state index contributed by atoms with van der Waals surface area (Å²) in [6.45, 7) is 2.60. The lowest BCUT2D eigenvalue weighted by Gasteiger charge is -2.16. The Labute approximate surface area is 172 Å². The average Bonchev–Trinajstić information content (AvgIpc) is 3.28. The Kier molecular flexibility index (Phi) is 6.35. The van der Waals surface area contributed by atoms with Gasteiger partial charge in [-0.15, -0.1) is 0 Å². The van der Waals surface area contributed by atoms with Crippen LogP contribution in [0.1, 0.15) is 27.4 Å². The van der Waals surface area contributed by atoms with Crippen molar-refractivity contribution in [3.8, 4) is 0 Å². The number of rotatable bonds is 7. The highest BCUT2D eigenvalue weighted by Crippen LogP contribution is 2.18. The van der Waals surface area contributed by atoms with E-state index in [2.05, 4.69) is 26.3 Å². The van der Waals surface area contributed by atoms with Crippen LogP contribution in [0.25, 0.3) is 0 Å². The number of nitro groups is 1. The molecule has 3 heterocycles. The Morgan fingerprint density at radius 2 is 1.90 bits per heavy atom. The summed E-state index contributed by atoms with van der Waals surface area (Å²) in [5.74, 6) is -0.0544. The van der Waals surface area contributed by atoms with Crippen LogP contribution in [0, 0.1) is 10.1 Å². The van der Waals surface area contributed by atoms with Crippen LogP contribution >= 0.6 is 0 Å². The van der Waals surface area contributed by atoms with E-state index in [0.29, 0.717) is 24.5 Å². The van der Waals surface area contributed by atoms with Gasteiger partial charge in [0.05, 0.1) is 16.8 Å². The quantitative estimate of drug-likeness (QED) is 0.288. The van der Waals surface area contributed by atoms with E-state index in [0.717, 1.165) is 25.5 Å². The van der Waals surface area contributed by atoms with Gasteiger partial charge in [-0.1, -0.05) is 0 Å². The third-order valence-corrected chi connectivity index (χ3v) is 4.53. The lowest BCUT2D eigenvalue weighted by atomic mass is 10.3. The molecule has 0 atom stereocenters. The Morgan fingerprint density at radius 1 is 1.17 bits per heavy atom. The summed E-state index contributed by atoms with van der Waals surface area (Å²) in [7, 11) is 3.24. The number of hydrogen-bond donors (Lipinski definition) is 4. The highest BCUT2D eigenvalue weighted by Gasteiger charge is 2.19. The van der Waals surface area contributed by atoms with Crippen LogP contribution in [0.15, 0.2) is 29.5 Å². The van der Waals surface area contributed by atoms with Crippen LogP contribution < -0.4 is 21.3 Å². The fourth-order valence-corrected chi connectivity index (χ4v) is 3.02. The molecule has 160 valence electrons. The van der Waals surface area contributed by atoms with Crippen molar-refractivity contribution < 1.29 is 14.5 Å². The molecule has 0 aliphatic carbocycles. The lowest BCUT2D eigenvalue weighted by Crippen LogP contribution is -2.43. The summed E-state index contributed by atoms with van der Waals surface area (Å²) in [5.41, 5.74) is 0.757. The average molecular weight is 416 g/mol. The summed E-state index contributed by atoms with van der Waals surface area (Å²) in [6.07, 6.45) is 3.87. The van der Waals surface area contributed by atoms with Gasteiger partial charge in [0.15, 0.2) is 5.96 Å². The van der Waals surface area contributed by atoms with E-state index >= 15 is 0 Å². The fourth-order valence-electron chi connectivity index (χ4n) is 3.02. The van der Waals surface area contributed by atoms with Crippen LogP contribution in [-0.4, -0.2) is 58.0 Å². The van der Waals surface area contributed by atoms with Gasteiger partial charge in [-0.05, 0) is 12.5 Å². The molecule has 4 N–H and O–H groups in total. The number of hydrogen-bond acceptors (Lipinski definition) is 7. The van der Waals surface area contributed by atoms with Crippen LogP contribution in [0.4, 0.5) is 11.4 Å². The smallest absolute Gasteiger partial charge is 0.287 e. The summed E-state index contributed by atoms with van der Waals surface area (Å²) < 4.78 is 2.97. The Bertz CT molecular complexity index is 990. The summed E-state index contributed by atoms with van der Waals surface area (Å²) >= 11 is 0. The molecule has 30 heavy (non-hydrogen) atoms. The molecule has 0 bridgehead atoms. The van der Waals surface area contributed by atoms with E-state index in [-0.39, 0.29) is 17.3 Å². The zero-order valence-corrected chi connectivity index (χ0v) is 16.8. The number of nitrogens with one attached hydrogen (secondary N) is 4. The molecule has 0 saturated carbocycles. The van der Waals surface area contributed by atoms with Crippen molar-refractivity contribution in [1.29, 1.82) is 0 Å². The predicted octanol–water partition coefficient (Wildman–Crippen LogP) is 0.193. The highest BCUT2D eigenvalue weighted by molar-refractivity contribution is 6.04. The minimum absolute atomic E-state index is 0.141. The van der Waals surface area contributed by atoms with Gasteiger partial charge in [-0.2, -0.15) is 0 Å². The van der Waals surface area contributed by atoms with Crippen LogP contribution in [0.2, 0.25) is 0 Å². The molecule has 0 radical (unpaired) electrons. The minimum atomic E-state index is -0.562. The third-order valence-electron chi connectivity index (χ3n) is 4.53. The van der Waals surface area contributed by atoms with E-state index in [9.17, 15) is 19.7 Å². The normalized spacial score (nSPS) is 13.2. The summed E-state index contributed by atoms with van der Waals surface area (Å²) in [4.78, 5) is 39.4. The van der Waals surface area contributed by atoms with Crippen LogP contribution in [0.5, 0.6) is 0 Å². The molecule has 0 fully saturated rings. The zero-order chi connectivity index (χ0) is 21.7. The number of aromatic nitrogens is 2. The van der Waals surface area contributed by atoms with Gasteiger partial charge in [-0.3, -0.25) is 24.7 Å². The molecule has 12 nitrogen and oxygen atoms in total. The maximum atomic E-state index is 12.4. The first-order valence-corrected chi connectivity index (χ1v) is 9.44. The van der Waals surface area contributed by atoms with Gasteiger partial charge in [-0.25, -0.2) is 0 Å². The van der Waals surface area contributed by atoms with E-state index < -0.39 is 10.8 Å². The predicted molar refractivity (Wildman–Crippen MR) is 111 cm³/mol. The van der Waals surface area contributed by atoms with Crippen LogP contribution in [0.3, 0.4) is 0 Å². The number of carbonyl (C=O) groups excluding carboxylic acids is 2. The number of nitrogens with zero attached hydrogens (tertiary/aromatic N) is 4. The van der Waals surface area contributed by atoms with Crippen molar-refractivity contribution in [1.82, 2.24) is 25.1 Å². The first-order valence-electron chi connectivity index (χ1n) is 9.44. The second-order valence-electron chi connectivity index (χ2n) is 6.82. The lowest BCUT2D eigenvalue weighted by molar-refractivity contribution is -0.384. The SMILES string of the molecule is Cn1cc(NC(=O)c2cc([N+](=O)[O-])cn2C)cc1C(=O)NCCNC1=NCCCN1. The van der Waals surface area contributed by atoms with E-state index in [1.54, 1.807) is 30.9 Å². The first kappa shape index (κ1) is 20.9. The Hall–Kier alpha value is -3.83. The number of carbonyl (C=O) groups is 2. The summed E-state index contributed by atoms with van der Waals surface area (Å²) in [6, 6.07) is 2.75. The molecule has 1 aliphatic heterocycles. The maximum absolute atomic E-state index is 12.4. The van der Waals surface area contributed by atoms with Gasteiger partial charge < -0.3 is 30.4 Å². The molecule has 3 rings (SSSR count). The number of aliphatic imine (C=N–C) groups is 1. The summed E-state index contributed by atoms with van der Waals surface area (Å²) in [5, 5.41) is 22.6. The van der Waals surface area contributed by atoms with E-state index in [1.165, 1.54) is 16.8 Å². The number of amides is 2. The molecule has 0 saturated heterocycles. The molecule has 1 aliphatic rings. The second-order valence-corrected chi connectivity index (χ2v) is 6.82. The van der Waals surface area contributed by atoms with Gasteiger partial charge >= 0.3 is 0 Å². The molecule has 0 spiro atoms. The Balaban J connectivity index is 1.55. The van der Waals surface area contributed by atoms with Crippen molar-refractivity contribution in [2.75, 3.05) is 31.5 Å². The molecule has 12 heteroatoms. The van der Waals surface area contributed by atoms with Crippen molar-refractivity contribution in [2.45, 2.75) is 6.42 Å². The minimum Gasteiger partial charge on any atom is -0.356 e. The number of aryl methyl sites for hydroxylation is 2. The molecular formula is C18H24N8O4. The van der Waals surface area contributed by atoms with Crippen molar-refractivity contribution in [2.24, 2.45) is 19.1 Å². The van der Waals surface area contributed by atoms with Crippen molar-refractivity contribution in [3.05, 3.63) is 46.0 Å². The largest absolute Gasteiger partial charge is 0.356 e. The monoisotopic (exact) mass is 416 g/mol. The molecule has 2 amide bonds. The third kappa shape index (κ3) is 4.96. The molecule has 0 unspecified atom stereocenters. The standard InChI is InChI=1S/C18H24N8O4/c1-24-10-12(23-17(28)15-9-13(26(29)30)11-25(15)2)8-14(24)16(27)19-6-7-22-18-20-4-3-5-21-18/h8-11H,3-7H2,1-2H3,(H,19,27)(H,23,28)(H2,20,21,22). The first-order chi connectivity index (χ1) is 14.3. The van der Waals surface area contributed by atoms with E-state index in [1.807, 2.05) is 0 Å².